The summed E-state index contributed by atoms with van der Waals surface area (Å²) in [4.78, 5) is 15.1. The lowest BCUT2D eigenvalue weighted by Crippen LogP contribution is -2.62. The van der Waals surface area contributed by atoms with Crippen molar-refractivity contribution in [2.24, 2.45) is 0 Å². The first-order chi connectivity index (χ1) is 12.1. The minimum Gasteiger partial charge on any atom is -0.399 e. The van der Waals surface area contributed by atoms with E-state index in [0.717, 1.165) is 37.6 Å². The minimum atomic E-state index is 0. The summed E-state index contributed by atoms with van der Waals surface area (Å²) in [5.74, 6) is 0.121. The summed E-state index contributed by atoms with van der Waals surface area (Å²) in [6, 6.07) is 7.94. The summed E-state index contributed by atoms with van der Waals surface area (Å²) < 4.78 is 5.52. The fourth-order valence-corrected chi connectivity index (χ4v) is 4.48. The normalized spacial score (nSPS) is 20.2. The van der Waals surface area contributed by atoms with E-state index < -0.39 is 0 Å². The maximum atomic E-state index is 12.5. The standard InChI is InChI=1S/C20H31N3O2.2ClH/c1-16(20(10-4-5-11-20)23-12-14-25-15-13-23)22-19(24)9-8-17-6-2-3-7-18(17)21;;/h2-3,6-7,16H,4-5,8-15,21H2,1H3,(H,22,24);2*1H. The zero-order valence-electron chi connectivity index (χ0n) is 16.1. The maximum absolute atomic E-state index is 12.5. The molecule has 1 saturated carbocycles. The number of aryl methyl sites for hydroxylation is 1. The average molecular weight is 418 g/mol. The van der Waals surface area contributed by atoms with Crippen LogP contribution in [0.3, 0.4) is 0 Å². The third-order valence-electron chi connectivity index (χ3n) is 5.97. The highest BCUT2D eigenvalue weighted by atomic mass is 35.5. The molecule has 1 amide bonds. The molecule has 27 heavy (non-hydrogen) atoms. The van der Waals surface area contributed by atoms with E-state index in [0.29, 0.717) is 12.8 Å². The van der Waals surface area contributed by atoms with Crippen molar-refractivity contribution in [1.82, 2.24) is 10.2 Å². The Bertz CT molecular complexity index is 588. The van der Waals surface area contributed by atoms with E-state index >= 15 is 0 Å². The van der Waals surface area contributed by atoms with E-state index in [-0.39, 0.29) is 42.3 Å². The first-order valence-electron chi connectivity index (χ1n) is 9.57. The molecule has 2 fully saturated rings. The number of hydrogen-bond acceptors (Lipinski definition) is 4. The Morgan fingerprint density at radius 3 is 2.48 bits per heavy atom. The number of nitrogen functional groups attached to an aromatic ring is 1. The summed E-state index contributed by atoms with van der Waals surface area (Å²) >= 11 is 0. The molecule has 0 radical (unpaired) electrons. The van der Waals surface area contributed by atoms with Crippen LogP contribution < -0.4 is 11.1 Å². The molecular weight excluding hydrogens is 385 g/mol. The smallest absolute Gasteiger partial charge is 0.220 e. The molecule has 0 bridgehead atoms. The summed E-state index contributed by atoms with van der Waals surface area (Å²) in [7, 11) is 0. The number of nitrogens with two attached hydrogens (primary N) is 1. The van der Waals surface area contributed by atoms with Crippen LogP contribution in [0.1, 0.15) is 44.6 Å². The van der Waals surface area contributed by atoms with Gasteiger partial charge in [-0.25, -0.2) is 0 Å². The molecule has 1 aliphatic carbocycles. The molecule has 5 nitrogen and oxygen atoms in total. The highest BCUT2D eigenvalue weighted by Gasteiger charge is 2.44. The van der Waals surface area contributed by atoms with Gasteiger partial charge in [-0.15, -0.1) is 24.8 Å². The quantitative estimate of drug-likeness (QED) is 0.697. The number of nitrogens with one attached hydrogen (secondary N) is 1. The summed E-state index contributed by atoms with van der Waals surface area (Å²) in [5, 5.41) is 3.29. The van der Waals surface area contributed by atoms with Gasteiger partial charge in [0, 0.05) is 36.8 Å². The summed E-state index contributed by atoms with van der Waals surface area (Å²) in [5.41, 5.74) is 7.90. The van der Waals surface area contributed by atoms with Crippen LogP contribution in [-0.4, -0.2) is 48.7 Å². The van der Waals surface area contributed by atoms with Crippen molar-refractivity contribution in [2.45, 2.75) is 57.0 Å². The topological polar surface area (TPSA) is 67.6 Å². The van der Waals surface area contributed by atoms with Crippen LogP contribution in [-0.2, 0) is 16.0 Å². The number of amides is 1. The van der Waals surface area contributed by atoms with Gasteiger partial charge < -0.3 is 15.8 Å². The fraction of sp³-hybridized carbons (Fsp3) is 0.650. The largest absolute Gasteiger partial charge is 0.399 e. The number of rotatable bonds is 6. The number of morpholine rings is 1. The first kappa shape index (κ1) is 24.0. The molecule has 1 aromatic rings. The van der Waals surface area contributed by atoms with Gasteiger partial charge >= 0.3 is 0 Å². The molecule has 2 aliphatic rings. The molecule has 1 aliphatic heterocycles. The van der Waals surface area contributed by atoms with Gasteiger partial charge in [0.05, 0.1) is 13.2 Å². The number of carbonyl (C=O) groups excluding carboxylic acids is 1. The fourth-order valence-electron chi connectivity index (χ4n) is 4.48. The van der Waals surface area contributed by atoms with Crippen LogP contribution in [0.5, 0.6) is 0 Å². The van der Waals surface area contributed by atoms with Gasteiger partial charge in [0.1, 0.15) is 0 Å². The predicted molar refractivity (Wildman–Crippen MR) is 115 cm³/mol. The van der Waals surface area contributed by atoms with Crippen molar-refractivity contribution in [1.29, 1.82) is 0 Å². The molecule has 1 aromatic carbocycles. The maximum Gasteiger partial charge on any atom is 0.220 e. The van der Waals surface area contributed by atoms with E-state index in [9.17, 15) is 4.79 Å². The molecule has 0 aromatic heterocycles. The number of anilines is 1. The van der Waals surface area contributed by atoms with Crippen LogP contribution in [0.2, 0.25) is 0 Å². The molecule has 7 heteroatoms. The van der Waals surface area contributed by atoms with E-state index in [2.05, 4.69) is 17.1 Å². The second-order valence-corrected chi connectivity index (χ2v) is 7.40. The predicted octanol–water partition coefficient (Wildman–Crippen LogP) is 3.19. The monoisotopic (exact) mass is 417 g/mol. The number of benzene rings is 1. The Kier molecular flexibility index (Phi) is 9.88. The number of halogens is 2. The zero-order chi connectivity index (χ0) is 17.7. The molecule has 1 unspecified atom stereocenters. The van der Waals surface area contributed by atoms with Gasteiger partial charge in [-0.3, -0.25) is 9.69 Å². The lowest BCUT2D eigenvalue weighted by molar-refractivity contribution is -0.123. The second kappa shape index (κ2) is 11.1. The number of carbonyl (C=O) groups is 1. The van der Waals surface area contributed by atoms with Crippen LogP contribution in [0.15, 0.2) is 24.3 Å². The molecule has 3 N–H and O–H groups in total. The van der Waals surface area contributed by atoms with Gasteiger partial charge in [0.15, 0.2) is 0 Å². The molecule has 3 rings (SSSR count). The SMILES string of the molecule is CC(NC(=O)CCc1ccccc1N)C1(N2CCOCC2)CCCC1.Cl.Cl. The van der Waals surface area contributed by atoms with E-state index in [1.54, 1.807) is 0 Å². The van der Waals surface area contributed by atoms with Gasteiger partial charge in [-0.1, -0.05) is 31.0 Å². The van der Waals surface area contributed by atoms with Crippen LogP contribution in [0.4, 0.5) is 5.69 Å². The van der Waals surface area contributed by atoms with Crippen molar-refractivity contribution in [3.05, 3.63) is 29.8 Å². The molecule has 1 atom stereocenters. The minimum absolute atomic E-state index is 0. The lowest BCUT2D eigenvalue weighted by atomic mass is 9.86. The zero-order valence-corrected chi connectivity index (χ0v) is 17.7. The Labute approximate surface area is 175 Å². The Morgan fingerprint density at radius 2 is 1.85 bits per heavy atom. The van der Waals surface area contributed by atoms with Gasteiger partial charge in [-0.2, -0.15) is 0 Å². The summed E-state index contributed by atoms with van der Waals surface area (Å²) in [6.07, 6.45) is 6.00. The number of ether oxygens (including phenoxy) is 1. The van der Waals surface area contributed by atoms with E-state index in [1.807, 2.05) is 24.3 Å². The number of hydrogen-bond donors (Lipinski definition) is 2. The van der Waals surface area contributed by atoms with E-state index in [1.165, 1.54) is 25.7 Å². The Balaban J connectivity index is 0.00000182. The Morgan fingerprint density at radius 1 is 1.22 bits per heavy atom. The van der Waals surface area contributed by atoms with Crippen molar-refractivity contribution in [3.63, 3.8) is 0 Å². The van der Waals surface area contributed by atoms with Crippen molar-refractivity contribution >= 4 is 36.4 Å². The highest BCUT2D eigenvalue weighted by Crippen LogP contribution is 2.38. The van der Waals surface area contributed by atoms with Crippen molar-refractivity contribution in [2.75, 3.05) is 32.0 Å². The molecule has 1 saturated heterocycles. The highest BCUT2D eigenvalue weighted by molar-refractivity contribution is 5.85. The molecule has 154 valence electrons. The third kappa shape index (κ3) is 5.74. The third-order valence-corrected chi connectivity index (χ3v) is 5.97. The lowest BCUT2D eigenvalue weighted by Gasteiger charge is -2.47. The van der Waals surface area contributed by atoms with Crippen LogP contribution in [0, 0.1) is 0 Å². The Hall–Kier alpha value is -1.01. The summed E-state index contributed by atoms with van der Waals surface area (Å²) in [6.45, 7) is 5.72. The van der Waals surface area contributed by atoms with Crippen LogP contribution in [0.25, 0.3) is 0 Å². The molecular formula is C20H33Cl2N3O2. The number of para-hydroxylation sites is 1. The van der Waals surface area contributed by atoms with Crippen molar-refractivity contribution in [3.8, 4) is 0 Å². The van der Waals surface area contributed by atoms with Gasteiger partial charge in [-0.05, 0) is 37.8 Å². The molecule has 1 heterocycles. The second-order valence-electron chi connectivity index (χ2n) is 7.40. The molecule has 0 spiro atoms. The van der Waals surface area contributed by atoms with Crippen LogP contribution >= 0.6 is 24.8 Å². The number of nitrogens with zero attached hydrogens (tertiary/aromatic N) is 1. The first-order valence-corrected chi connectivity index (χ1v) is 9.57. The average Bonchev–Trinajstić information content (AvgIpc) is 3.13. The van der Waals surface area contributed by atoms with Gasteiger partial charge in [0.2, 0.25) is 5.91 Å². The van der Waals surface area contributed by atoms with Crippen molar-refractivity contribution < 1.29 is 9.53 Å². The van der Waals surface area contributed by atoms with Gasteiger partial charge in [0.25, 0.3) is 0 Å². The van der Waals surface area contributed by atoms with E-state index in [4.69, 9.17) is 10.5 Å².